The quantitative estimate of drug-likeness (QED) is 0.743. The standard InChI is InChI=1S/C10H17NO2S/c12-7-8-3-1-5-11(8)10(13)9-4-2-6-14-9/h8-9,12H,1-7H2. The molecule has 2 saturated heterocycles. The normalized spacial score (nSPS) is 32.5. The van der Waals surface area contributed by atoms with Crippen molar-refractivity contribution in [1.82, 2.24) is 4.90 Å². The number of likely N-dealkylation sites (tertiary alicyclic amines) is 1. The van der Waals surface area contributed by atoms with E-state index in [1.807, 2.05) is 4.90 Å². The summed E-state index contributed by atoms with van der Waals surface area (Å²) in [5.74, 6) is 1.39. The number of amides is 1. The molecule has 4 heteroatoms. The van der Waals surface area contributed by atoms with E-state index in [9.17, 15) is 4.79 Å². The van der Waals surface area contributed by atoms with E-state index in [0.29, 0.717) is 0 Å². The number of aliphatic hydroxyl groups excluding tert-OH is 1. The number of aliphatic hydroxyl groups is 1. The Morgan fingerprint density at radius 1 is 1.43 bits per heavy atom. The molecule has 2 rings (SSSR count). The summed E-state index contributed by atoms with van der Waals surface area (Å²) >= 11 is 1.78. The SMILES string of the molecule is O=C(C1CCCS1)N1CCCC1CO. The van der Waals surface area contributed by atoms with Gasteiger partial charge in [-0.1, -0.05) is 0 Å². The molecule has 2 heterocycles. The van der Waals surface area contributed by atoms with Gasteiger partial charge in [0.15, 0.2) is 0 Å². The first-order valence-corrected chi connectivity index (χ1v) is 6.40. The lowest BCUT2D eigenvalue weighted by Crippen LogP contribution is -2.41. The number of carbonyl (C=O) groups is 1. The molecule has 1 N–H and O–H groups in total. The van der Waals surface area contributed by atoms with E-state index in [4.69, 9.17) is 5.11 Å². The van der Waals surface area contributed by atoms with Crippen LogP contribution in [0, 0.1) is 0 Å². The summed E-state index contributed by atoms with van der Waals surface area (Å²) in [6.45, 7) is 0.976. The van der Waals surface area contributed by atoms with Crippen molar-refractivity contribution in [2.24, 2.45) is 0 Å². The third-order valence-corrected chi connectivity index (χ3v) is 4.44. The van der Waals surface area contributed by atoms with Gasteiger partial charge in [-0.15, -0.1) is 11.8 Å². The largest absolute Gasteiger partial charge is 0.394 e. The van der Waals surface area contributed by atoms with Crippen LogP contribution in [0.1, 0.15) is 25.7 Å². The van der Waals surface area contributed by atoms with E-state index in [-0.39, 0.29) is 23.8 Å². The van der Waals surface area contributed by atoms with Gasteiger partial charge in [0.05, 0.1) is 17.9 Å². The smallest absolute Gasteiger partial charge is 0.236 e. The van der Waals surface area contributed by atoms with E-state index in [0.717, 1.165) is 31.6 Å². The second kappa shape index (κ2) is 4.53. The second-order valence-electron chi connectivity index (χ2n) is 4.01. The summed E-state index contributed by atoms with van der Waals surface area (Å²) in [6, 6.07) is 0.101. The van der Waals surface area contributed by atoms with Gasteiger partial charge in [0, 0.05) is 6.54 Å². The fourth-order valence-electron chi connectivity index (χ4n) is 2.27. The molecule has 0 radical (unpaired) electrons. The Labute approximate surface area is 88.9 Å². The number of hydrogen-bond acceptors (Lipinski definition) is 3. The molecule has 0 spiro atoms. The maximum Gasteiger partial charge on any atom is 0.236 e. The first kappa shape index (κ1) is 10.3. The van der Waals surface area contributed by atoms with Gasteiger partial charge in [0.25, 0.3) is 0 Å². The van der Waals surface area contributed by atoms with E-state index in [1.54, 1.807) is 11.8 Å². The summed E-state index contributed by atoms with van der Waals surface area (Å²) in [4.78, 5) is 13.9. The highest BCUT2D eigenvalue weighted by molar-refractivity contribution is 8.00. The highest BCUT2D eigenvalue weighted by Crippen LogP contribution is 2.30. The summed E-state index contributed by atoms with van der Waals surface area (Å²) in [5, 5.41) is 9.31. The van der Waals surface area contributed by atoms with E-state index < -0.39 is 0 Å². The van der Waals surface area contributed by atoms with Crippen molar-refractivity contribution in [3.8, 4) is 0 Å². The van der Waals surface area contributed by atoms with Crippen molar-refractivity contribution in [3.63, 3.8) is 0 Å². The van der Waals surface area contributed by atoms with E-state index in [1.165, 1.54) is 6.42 Å². The molecule has 14 heavy (non-hydrogen) atoms. The average Bonchev–Trinajstić information content (AvgIpc) is 2.87. The summed E-state index contributed by atoms with van der Waals surface area (Å²) in [7, 11) is 0. The second-order valence-corrected chi connectivity index (χ2v) is 5.32. The fourth-order valence-corrected chi connectivity index (χ4v) is 3.50. The van der Waals surface area contributed by atoms with Crippen LogP contribution < -0.4 is 0 Å². The topological polar surface area (TPSA) is 40.5 Å². The molecule has 0 bridgehead atoms. The van der Waals surface area contributed by atoms with Crippen molar-refractivity contribution >= 4 is 17.7 Å². The lowest BCUT2D eigenvalue weighted by atomic mass is 10.2. The minimum Gasteiger partial charge on any atom is -0.394 e. The Morgan fingerprint density at radius 2 is 2.29 bits per heavy atom. The third-order valence-electron chi connectivity index (χ3n) is 3.08. The van der Waals surface area contributed by atoms with Gasteiger partial charge in [-0.25, -0.2) is 0 Å². The van der Waals surface area contributed by atoms with Crippen LogP contribution >= 0.6 is 11.8 Å². The molecule has 2 aliphatic heterocycles. The Bertz CT molecular complexity index is 216. The zero-order chi connectivity index (χ0) is 9.97. The van der Waals surface area contributed by atoms with Crippen LogP contribution in [-0.4, -0.2) is 46.1 Å². The molecule has 2 unspecified atom stereocenters. The maximum absolute atomic E-state index is 12.0. The van der Waals surface area contributed by atoms with Crippen LogP contribution in [0.5, 0.6) is 0 Å². The first-order valence-electron chi connectivity index (χ1n) is 5.36. The summed E-state index contributed by atoms with van der Waals surface area (Å²) in [6.07, 6.45) is 4.21. The van der Waals surface area contributed by atoms with Crippen LogP contribution in [0.25, 0.3) is 0 Å². The number of carbonyl (C=O) groups excluding carboxylic acids is 1. The van der Waals surface area contributed by atoms with Crippen LogP contribution in [0.4, 0.5) is 0 Å². The minimum atomic E-state index is 0.101. The average molecular weight is 215 g/mol. The zero-order valence-electron chi connectivity index (χ0n) is 8.32. The monoisotopic (exact) mass is 215 g/mol. The van der Waals surface area contributed by atoms with Gasteiger partial charge in [-0.05, 0) is 31.4 Å². The maximum atomic E-state index is 12.0. The van der Waals surface area contributed by atoms with Crippen LogP contribution in [-0.2, 0) is 4.79 Å². The fraction of sp³-hybridized carbons (Fsp3) is 0.900. The number of rotatable bonds is 2. The molecule has 0 aromatic heterocycles. The molecule has 2 atom stereocenters. The Morgan fingerprint density at radius 3 is 2.93 bits per heavy atom. The van der Waals surface area contributed by atoms with Gasteiger partial charge >= 0.3 is 0 Å². The lowest BCUT2D eigenvalue weighted by Gasteiger charge is -2.25. The lowest BCUT2D eigenvalue weighted by molar-refractivity contribution is -0.132. The number of nitrogens with zero attached hydrogens (tertiary/aromatic N) is 1. The van der Waals surface area contributed by atoms with Gasteiger partial charge in [0.2, 0.25) is 5.91 Å². The van der Waals surface area contributed by atoms with Gasteiger partial charge < -0.3 is 10.0 Å². The Balaban J connectivity index is 1.95. The van der Waals surface area contributed by atoms with E-state index in [2.05, 4.69) is 0 Å². The van der Waals surface area contributed by atoms with Crippen molar-refractivity contribution in [2.75, 3.05) is 18.9 Å². The van der Waals surface area contributed by atoms with Crippen LogP contribution in [0.3, 0.4) is 0 Å². The molecular formula is C10H17NO2S. The van der Waals surface area contributed by atoms with Gasteiger partial charge in [-0.2, -0.15) is 0 Å². The summed E-state index contributed by atoms with van der Waals surface area (Å²) in [5.41, 5.74) is 0. The molecule has 2 fully saturated rings. The van der Waals surface area contributed by atoms with Crippen molar-refractivity contribution in [2.45, 2.75) is 37.0 Å². The van der Waals surface area contributed by atoms with E-state index >= 15 is 0 Å². The predicted molar refractivity (Wildman–Crippen MR) is 57.3 cm³/mol. The minimum absolute atomic E-state index is 0.101. The summed E-state index contributed by atoms with van der Waals surface area (Å²) < 4.78 is 0. The van der Waals surface area contributed by atoms with Crippen LogP contribution in [0.15, 0.2) is 0 Å². The van der Waals surface area contributed by atoms with Gasteiger partial charge in [0.1, 0.15) is 0 Å². The number of thioether (sulfide) groups is 1. The molecule has 2 aliphatic rings. The Hall–Kier alpha value is -0.220. The predicted octanol–water partition coefficient (Wildman–Crippen LogP) is 0.865. The van der Waals surface area contributed by atoms with Crippen molar-refractivity contribution < 1.29 is 9.90 Å². The molecule has 80 valence electrons. The molecule has 0 aromatic carbocycles. The zero-order valence-corrected chi connectivity index (χ0v) is 9.13. The molecule has 0 saturated carbocycles. The van der Waals surface area contributed by atoms with Crippen molar-refractivity contribution in [3.05, 3.63) is 0 Å². The first-order chi connectivity index (χ1) is 6.83. The highest BCUT2D eigenvalue weighted by Gasteiger charge is 2.34. The third kappa shape index (κ3) is 1.91. The molecular weight excluding hydrogens is 198 g/mol. The Kier molecular flexibility index (Phi) is 3.34. The van der Waals surface area contributed by atoms with Crippen molar-refractivity contribution in [1.29, 1.82) is 0 Å². The molecule has 0 aromatic rings. The van der Waals surface area contributed by atoms with Crippen LogP contribution in [0.2, 0.25) is 0 Å². The van der Waals surface area contributed by atoms with Gasteiger partial charge in [-0.3, -0.25) is 4.79 Å². The highest BCUT2D eigenvalue weighted by atomic mass is 32.2. The molecule has 1 amide bonds. The molecule has 0 aliphatic carbocycles. The molecule has 3 nitrogen and oxygen atoms in total. The number of hydrogen-bond donors (Lipinski definition) is 1.